The molecule has 4 rings (SSSR count). The zero-order valence-electron chi connectivity index (χ0n) is 16.7. The Bertz CT molecular complexity index is 1100. The fourth-order valence-corrected chi connectivity index (χ4v) is 3.80. The largest absolute Gasteiger partial charge is 0.324 e. The molecular formula is C24H21ClFN3O2. The Morgan fingerprint density at radius 3 is 2.55 bits per heavy atom. The van der Waals surface area contributed by atoms with E-state index in [0.29, 0.717) is 41.6 Å². The molecule has 0 bridgehead atoms. The van der Waals surface area contributed by atoms with E-state index >= 15 is 0 Å². The van der Waals surface area contributed by atoms with Gasteiger partial charge < -0.3 is 10.2 Å². The van der Waals surface area contributed by atoms with Crippen LogP contribution in [0.1, 0.15) is 22.3 Å². The second kappa shape index (κ2) is 9.18. The standard InChI is InChI=1S/C24H21ClFN3O2/c25-22-8-2-1-7-21(22)23(30)27-19-5-3-6-20(15-19)29-14-4-13-28(24(29)31)16-17-9-11-18(26)12-10-17/h1-3,5-12,15H,4,13-14,16H2,(H,27,30). The van der Waals surface area contributed by atoms with Crippen LogP contribution in [0, 0.1) is 5.82 Å². The van der Waals surface area contributed by atoms with Crippen molar-refractivity contribution in [2.75, 3.05) is 23.3 Å². The number of halogens is 2. The number of anilines is 2. The van der Waals surface area contributed by atoms with Crippen LogP contribution in [0.15, 0.2) is 72.8 Å². The van der Waals surface area contributed by atoms with Crippen LogP contribution >= 0.6 is 11.6 Å². The molecule has 0 spiro atoms. The number of benzene rings is 3. The quantitative estimate of drug-likeness (QED) is 0.567. The normalized spacial score (nSPS) is 13.9. The van der Waals surface area contributed by atoms with Gasteiger partial charge in [0.2, 0.25) is 0 Å². The maximum absolute atomic E-state index is 13.2. The maximum Gasteiger partial charge on any atom is 0.324 e. The molecule has 158 valence electrons. The van der Waals surface area contributed by atoms with E-state index < -0.39 is 0 Å². The van der Waals surface area contributed by atoms with Crippen molar-refractivity contribution in [3.05, 3.63) is 94.8 Å². The third-order valence-electron chi connectivity index (χ3n) is 5.13. The van der Waals surface area contributed by atoms with Gasteiger partial charge in [0.05, 0.1) is 10.6 Å². The van der Waals surface area contributed by atoms with E-state index in [2.05, 4.69) is 5.32 Å². The predicted octanol–water partition coefficient (Wildman–Crippen LogP) is 5.56. The van der Waals surface area contributed by atoms with E-state index in [-0.39, 0.29) is 17.8 Å². The number of carbonyl (C=O) groups excluding carboxylic acids is 2. The highest BCUT2D eigenvalue weighted by molar-refractivity contribution is 6.34. The van der Waals surface area contributed by atoms with Crippen molar-refractivity contribution < 1.29 is 14.0 Å². The average Bonchev–Trinajstić information content (AvgIpc) is 2.77. The van der Waals surface area contributed by atoms with E-state index in [4.69, 9.17) is 11.6 Å². The molecule has 0 unspecified atom stereocenters. The first-order chi connectivity index (χ1) is 15.0. The molecule has 3 aromatic carbocycles. The van der Waals surface area contributed by atoms with Gasteiger partial charge in [-0.1, -0.05) is 41.9 Å². The summed E-state index contributed by atoms with van der Waals surface area (Å²) in [5, 5.41) is 3.21. The number of carbonyl (C=O) groups is 2. The molecule has 1 saturated heterocycles. The zero-order valence-corrected chi connectivity index (χ0v) is 17.5. The number of amides is 3. The Balaban J connectivity index is 1.48. The summed E-state index contributed by atoms with van der Waals surface area (Å²) in [5.41, 5.74) is 2.53. The number of rotatable bonds is 5. The lowest BCUT2D eigenvalue weighted by Crippen LogP contribution is -2.49. The van der Waals surface area contributed by atoms with Crippen LogP contribution in [0.5, 0.6) is 0 Å². The first kappa shape index (κ1) is 20.9. The van der Waals surface area contributed by atoms with E-state index in [1.54, 1.807) is 64.4 Å². The summed E-state index contributed by atoms with van der Waals surface area (Å²) < 4.78 is 13.2. The first-order valence-electron chi connectivity index (χ1n) is 9.98. The summed E-state index contributed by atoms with van der Waals surface area (Å²) in [5.74, 6) is -0.614. The fourth-order valence-electron chi connectivity index (χ4n) is 3.57. The van der Waals surface area contributed by atoms with E-state index in [9.17, 15) is 14.0 Å². The van der Waals surface area contributed by atoms with Crippen molar-refractivity contribution in [3.8, 4) is 0 Å². The molecule has 3 amide bonds. The Morgan fingerprint density at radius 1 is 1.00 bits per heavy atom. The van der Waals surface area contributed by atoms with Crippen molar-refractivity contribution in [1.82, 2.24) is 4.90 Å². The van der Waals surface area contributed by atoms with Crippen LogP contribution in [0.4, 0.5) is 20.6 Å². The summed E-state index contributed by atoms with van der Waals surface area (Å²) in [7, 11) is 0. The number of hydrogen-bond donors (Lipinski definition) is 1. The van der Waals surface area contributed by atoms with Gasteiger partial charge in [0.1, 0.15) is 5.82 Å². The van der Waals surface area contributed by atoms with Crippen LogP contribution in [-0.4, -0.2) is 29.9 Å². The smallest absolute Gasteiger partial charge is 0.322 e. The highest BCUT2D eigenvalue weighted by Gasteiger charge is 2.27. The molecule has 0 saturated carbocycles. The summed E-state index contributed by atoms with van der Waals surface area (Å²) >= 11 is 6.11. The molecule has 0 radical (unpaired) electrons. The van der Waals surface area contributed by atoms with Crippen LogP contribution in [-0.2, 0) is 6.54 Å². The molecule has 1 N–H and O–H groups in total. The van der Waals surface area contributed by atoms with Gasteiger partial charge in [0, 0.05) is 31.0 Å². The minimum Gasteiger partial charge on any atom is -0.322 e. The maximum atomic E-state index is 13.2. The highest BCUT2D eigenvalue weighted by Crippen LogP contribution is 2.25. The highest BCUT2D eigenvalue weighted by atomic mass is 35.5. The van der Waals surface area contributed by atoms with E-state index in [1.807, 2.05) is 6.07 Å². The SMILES string of the molecule is O=C(Nc1cccc(N2CCCN(Cc3ccc(F)cc3)C2=O)c1)c1ccccc1Cl. The Hall–Kier alpha value is -3.38. The number of nitrogens with zero attached hydrogens (tertiary/aromatic N) is 2. The van der Waals surface area contributed by atoms with Crippen LogP contribution in [0.2, 0.25) is 5.02 Å². The van der Waals surface area contributed by atoms with Gasteiger partial charge in [-0.05, 0) is 54.4 Å². The van der Waals surface area contributed by atoms with Crippen molar-refractivity contribution in [2.24, 2.45) is 0 Å². The van der Waals surface area contributed by atoms with Crippen molar-refractivity contribution in [3.63, 3.8) is 0 Å². The van der Waals surface area contributed by atoms with Gasteiger partial charge >= 0.3 is 6.03 Å². The van der Waals surface area contributed by atoms with Gasteiger partial charge in [-0.15, -0.1) is 0 Å². The molecule has 7 heteroatoms. The van der Waals surface area contributed by atoms with Gasteiger partial charge in [-0.25, -0.2) is 9.18 Å². The number of urea groups is 1. The minimum absolute atomic E-state index is 0.120. The number of nitrogens with one attached hydrogen (secondary N) is 1. The van der Waals surface area contributed by atoms with Crippen LogP contribution in [0.25, 0.3) is 0 Å². The third-order valence-corrected chi connectivity index (χ3v) is 5.46. The Labute approximate surface area is 185 Å². The first-order valence-corrected chi connectivity index (χ1v) is 10.4. The lowest BCUT2D eigenvalue weighted by molar-refractivity contribution is 0.102. The molecule has 1 heterocycles. The van der Waals surface area contributed by atoms with Gasteiger partial charge in [-0.2, -0.15) is 0 Å². The van der Waals surface area contributed by atoms with Crippen molar-refractivity contribution >= 4 is 34.9 Å². The summed E-state index contributed by atoms with van der Waals surface area (Å²) in [6, 6.07) is 20.0. The monoisotopic (exact) mass is 437 g/mol. The van der Waals surface area contributed by atoms with Crippen LogP contribution < -0.4 is 10.2 Å². The third kappa shape index (κ3) is 4.86. The molecule has 1 fully saturated rings. The molecule has 0 aliphatic carbocycles. The second-order valence-electron chi connectivity index (χ2n) is 7.32. The predicted molar refractivity (Wildman–Crippen MR) is 120 cm³/mol. The lowest BCUT2D eigenvalue weighted by Gasteiger charge is -2.36. The van der Waals surface area contributed by atoms with Gasteiger partial charge in [0.15, 0.2) is 0 Å². The molecule has 3 aromatic rings. The Morgan fingerprint density at radius 2 is 1.77 bits per heavy atom. The summed E-state index contributed by atoms with van der Waals surface area (Å²) in [6.07, 6.45) is 0.809. The van der Waals surface area contributed by atoms with Crippen LogP contribution in [0.3, 0.4) is 0 Å². The lowest BCUT2D eigenvalue weighted by atomic mass is 10.1. The van der Waals surface area contributed by atoms with Crippen molar-refractivity contribution in [2.45, 2.75) is 13.0 Å². The Kier molecular flexibility index (Phi) is 6.18. The minimum atomic E-state index is -0.314. The number of hydrogen-bond acceptors (Lipinski definition) is 2. The second-order valence-corrected chi connectivity index (χ2v) is 7.73. The fraction of sp³-hybridized carbons (Fsp3) is 0.167. The van der Waals surface area contributed by atoms with Crippen molar-refractivity contribution in [1.29, 1.82) is 0 Å². The van der Waals surface area contributed by atoms with Gasteiger partial charge in [0.25, 0.3) is 5.91 Å². The average molecular weight is 438 g/mol. The summed E-state index contributed by atoms with van der Waals surface area (Å²) in [4.78, 5) is 29.1. The van der Waals surface area contributed by atoms with E-state index in [1.165, 1.54) is 12.1 Å². The molecule has 0 atom stereocenters. The molecule has 0 aromatic heterocycles. The molecule has 31 heavy (non-hydrogen) atoms. The van der Waals surface area contributed by atoms with E-state index in [0.717, 1.165) is 12.0 Å². The molecule has 1 aliphatic rings. The molecular weight excluding hydrogens is 417 g/mol. The molecule has 5 nitrogen and oxygen atoms in total. The summed E-state index contributed by atoms with van der Waals surface area (Å²) in [6.45, 7) is 1.63. The zero-order chi connectivity index (χ0) is 21.8. The topological polar surface area (TPSA) is 52.7 Å². The molecule has 1 aliphatic heterocycles. The van der Waals surface area contributed by atoms with Gasteiger partial charge in [-0.3, -0.25) is 9.69 Å².